The van der Waals surface area contributed by atoms with Crippen molar-refractivity contribution < 1.29 is 31.1 Å². The number of aromatic nitrogens is 1. The minimum absolute atomic E-state index is 0.292. The number of ether oxygens (including phenoxy) is 1. The van der Waals surface area contributed by atoms with Gasteiger partial charge < -0.3 is 4.74 Å². The quantitative estimate of drug-likeness (QED) is 0.287. The van der Waals surface area contributed by atoms with Gasteiger partial charge in [-0.1, -0.05) is 15.9 Å². The van der Waals surface area contributed by atoms with Crippen LogP contribution in [0.1, 0.15) is 11.1 Å². The lowest BCUT2D eigenvalue weighted by atomic mass is 10.1. The van der Waals surface area contributed by atoms with Gasteiger partial charge in [-0.15, -0.1) is 13.2 Å². The van der Waals surface area contributed by atoms with Crippen LogP contribution in [0.4, 0.5) is 26.3 Å². The lowest BCUT2D eigenvalue weighted by Crippen LogP contribution is -2.22. The number of hydrogen-bond donors (Lipinski definition) is 0. The third-order valence-corrected chi connectivity index (χ3v) is 3.09. The van der Waals surface area contributed by atoms with Gasteiger partial charge in [0.2, 0.25) is 0 Å². The molecule has 1 aromatic rings. The Bertz CT molecular complexity index is 446. The van der Waals surface area contributed by atoms with Crippen molar-refractivity contribution in [2.75, 3.05) is 0 Å². The Hall–Kier alpha value is -0.260. The Morgan fingerprint density at radius 1 is 1.22 bits per heavy atom. The third kappa shape index (κ3) is 3.87. The van der Waals surface area contributed by atoms with Crippen LogP contribution in [0, 0.1) is 3.70 Å². The normalized spacial score (nSPS) is 12.7. The van der Waals surface area contributed by atoms with Crippen LogP contribution in [0.15, 0.2) is 6.20 Å². The fourth-order valence-corrected chi connectivity index (χ4v) is 2.07. The number of halogens is 8. The van der Waals surface area contributed by atoms with Crippen molar-refractivity contribution in [3.8, 4) is 5.75 Å². The lowest BCUT2D eigenvalue weighted by Gasteiger charge is -2.18. The molecule has 0 aromatic carbocycles. The summed E-state index contributed by atoms with van der Waals surface area (Å²) < 4.78 is 77.4. The highest BCUT2D eigenvalue weighted by Gasteiger charge is 2.42. The molecule has 1 rings (SSSR count). The molecule has 0 saturated carbocycles. The zero-order valence-electron chi connectivity index (χ0n) is 8.16. The Morgan fingerprint density at radius 2 is 1.78 bits per heavy atom. The first-order chi connectivity index (χ1) is 8.06. The van der Waals surface area contributed by atoms with E-state index in [0.717, 1.165) is 6.20 Å². The van der Waals surface area contributed by atoms with E-state index in [9.17, 15) is 26.3 Å². The maximum atomic E-state index is 12.8. The summed E-state index contributed by atoms with van der Waals surface area (Å²) in [5.74, 6) is -1.33. The smallest absolute Gasteiger partial charge is 0.402 e. The van der Waals surface area contributed by atoms with Crippen LogP contribution in [0.5, 0.6) is 5.75 Å². The number of alkyl halides is 7. The van der Waals surface area contributed by atoms with Crippen LogP contribution in [0.25, 0.3) is 0 Å². The van der Waals surface area contributed by atoms with Crippen LogP contribution in [-0.4, -0.2) is 11.3 Å². The van der Waals surface area contributed by atoms with Crippen molar-refractivity contribution in [1.82, 2.24) is 4.98 Å². The number of nitrogens with zero attached hydrogens (tertiary/aromatic N) is 1. The van der Waals surface area contributed by atoms with E-state index in [-0.39, 0.29) is 5.33 Å². The first-order valence-corrected chi connectivity index (χ1v) is 6.32. The molecule has 0 aliphatic carbocycles. The summed E-state index contributed by atoms with van der Waals surface area (Å²) in [6.07, 6.45) is -9.33. The molecular formula is C8H3BrF6INO. The summed E-state index contributed by atoms with van der Waals surface area (Å²) in [5.41, 5.74) is -1.90. The van der Waals surface area contributed by atoms with Crippen LogP contribution in [0.2, 0.25) is 0 Å². The van der Waals surface area contributed by atoms with Gasteiger partial charge in [0.25, 0.3) is 0 Å². The van der Waals surface area contributed by atoms with Gasteiger partial charge in [-0.2, -0.15) is 13.2 Å². The second-order valence-corrected chi connectivity index (χ2v) is 4.54. The summed E-state index contributed by atoms with van der Waals surface area (Å²) in [5, 5.41) is -0.292. The lowest BCUT2D eigenvalue weighted by molar-refractivity contribution is -0.276. The standard InChI is InChI=1S/C8H3BrF6INO/c9-1-3-2-17-6(16)5(18-8(13,14)15)4(3)7(10,11)12/h2H,1H2. The molecule has 1 heterocycles. The molecule has 10 heteroatoms. The van der Waals surface area contributed by atoms with Gasteiger partial charge in [-0.25, -0.2) is 4.98 Å². The van der Waals surface area contributed by atoms with Gasteiger partial charge in [0.15, 0.2) is 5.75 Å². The molecule has 0 bridgehead atoms. The van der Waals surface area contributed by atoms with E-state index in [1.165, 1.54) is 22.6 Å². The highest BCUT2D eigenvalue weighted by atomic mass is 127. The zero-order valence-corrected chi connectivity index (χ0v) is 11.9. The minimum atomic E-state index is -5.22. The molecule has 0 aliphatic rings. The van der Waals surface area contributed by atoms with Crippen molar-refractivity contribution in [2.45, 2.75) is 17.9 Å². The molecule has 0 unspecified atom stereocenters. The molecule has 0 radical (unpaired) electrons. The SMILES string of the molecule is FC(F)(F)Oc1c(I)ncc(CBr)c1C(F)(F)F. The summed E-state index contributed by atoms with van der Waals surface area (Å²) in [6.45, 7) is 0. The highest BCUT2D eigenvalue weighted by Crippen LogP contribution is 2.42. The third-order valence-electron chi connectivity index (χ3n) is 1.71. The predicted molar refractivity (Wildman–Crippen MR) is 61.3 cm³/mol. The largest absolute Gasteiger partial charge is 0.573 e. The molecule has 0 fully saturated rings. The van der Waals surface area contributed by atoms with Crippen LogP contribution < -0.4 is 4.74 Å². The first-order valence-electron chi connectivity index (χ1n) is 4.12. The van der Waals surface area contributed by atoms with E-state index >= 15 is 0 Å². The Morgan fingerprint density at radius 3 is 2.17 bits per heavy atom. The maximum Gasteiger partial charge on any atom is 0.573 e. The summed E-state index contributed by atoms with van der Waals surface area (Å²) in [7, 11) is 0. The predicted octanol–water partition coefficient (Wildman–Crippen LogP) is 4.50. The maximum absolute atomic E-state index is 12.8. The molecule has 2 nitrogen and oxygen atoms in total. The van der Waals surface area contributed by atoms with E-state index in [4.69, 9.17) is 0 Å². The van der Waals surface area contributed by atoms with Crippen molar-refractivity contribution in [2.24, 2.45) is 0 Å². The highest BCUT2D eigenvalue weighted by molar-refractivity contribution is 14.1. The first kappa shape index (κ1) is 15.8. The van der Waals surface area contributed by atoms with Gasteiger partial charge in [0, 0.05) is 11.5 Å². The van der Waals surface area contributed by atoms with Gasteiger partial charge in [0.1, 0.15) is 9.26 Å². The zero-order chi connectivity index (χ0) is 14.1. The summed E-state index contributed by atoms with van der Waals surface area (Å²) in [4.78, 5) is 3.44. The molecule has 102 valence electrons. The molecule has 1 aromatic heterocycles. The van der Waals surface area contributed by atoms with Gasteiger partial charge in [-0.05, 0) is 28.2 Å². The molecule has 0 spiro atoms. The fraction of sp³-hybridized carbons (Fsp3) is 0.375. The van der Waals surface area contributed by atoms with Crippen LogP contribution >= 0.6 is 38.5 Å². The van der Waals surface area contributed by atoms with E-state index in [2.05, 4.69) is 25.7 Å². The molecule has 0 amide bonds. The van der Waals surface area contributed by atoms with Gasteiger partial charge in [-0.3, -0.25) is 0 Å². The molecular weight excluding hydrogens is 447 g/mol. The second kappa shape index (κ2) is 5.39. The summed E-state index contributed by atoms with van der Waals surface area (Å²) in [6, 6.07) is 0. The van der Waals surface area contributed by atoms with E-state index in [1.807, 2.05) is 0 Å². The number of hydrogen-bond acceptors (Lipinski definition) is 2. The minimum Gasteiger partial charge on any atom is -0.402 e. The summed E-state index contributed by atoms with van der Waals surface area (Å²) >= 11 is 4.01. The van der Waals surface area contributed by atoms with E-state index in [1.54, 1.807) is 0 Å². The number of pyridine rings is 1. The topological polar surface area (TPSA) is 22.1 Å². The Labute approximate surface area is 119 Å². The van der Waals surface area contributed by atoms with Crippen molar-refractivity contribution in [3.05, 3.63) is 21.0 Å². The molecule has 0 N–H and O–H groups in total. The Balaban J connectivity index is 3.46. The van der Waals surface area contributed by atoms with Crippen molar-refractivity contribution in [1.29, 1.82) is 0 Å². The van der Waals surface area contributed by atoms with E-state index in [0.29, 0.717) is 0 Å². The van der Waals surface area contributed by atoms with Crippen LogP contribution in [0.3, 0.4) is 0 Å². The molecule has 18 heavy (non-hydrogen) atoms. The Kier molecular flexibility index (Phi) is 4.73. The van der Waals surface area contributed by atoms with Crippen molar-refractivity contribution >= 4 is 38.5 Å². The monoisotopic (exact) mass is 449 g/mol. The second-order valence-electron chi connectivity index (χ2n) is 2.96. The van der Waals surface area contributed by atoms with Gasteiger partial charge >= 0.3 is 12.5 Å². The average molecular weight is 450 g/mol. The molecule has 0 aliphatic heterocycles. The average Bonchev–Trinajstić information content (AvgIpc) is 2.17. The van der Waals surface area contributed by atoms with Gasteiger partial charge in [0.05, 0.1) is 0 Å². The fourth-order valence-electron chi connectivity index (χ4n) is 1.13. The number of rotatable bonds is 2. The van der Waals surface area contributed by atoms with E-state index < -0.39 is 33.1 Å². The molecule has 0 saturated heterocycles. The molecule has 0 atom stereocenters. The van der Waals surface area contributed by atoms with Crippen LogP contribution in [-0.2, 0) is 11.5 Å². The van der Waals surface area contributed by atoms with Crippen molar-refractivity contribution in [3.63, 3.8) is 0 Å².